The highest BCUT2D eigenvalue weighted by atomic mass is 16.4. The molecule has 1 aromatic heterocycles. The van der Waals surface area contributed by atoms with Crippen LogP contribution in [0.2, 0.25) is 0 Å². The van der Waals surface area contributed by atoms with Gasteiger partial charge in [0.1, 0.15) is 0 Å². The van der Waals surface area contributed by atoms with Crippen LogP contribution in [-0.4, -0.2) is 46.0 Å². The number of pyridine rings is 1. The van der Waals surface area contributed by atoms with Crippen LogP contribution in [0.15, 0.2) is 66.5 Å². The fourth-order valence-corrected chi connectivity index (χ4v) is 3.98. The van der Waals surface area contributed by atoms with E-state index in [1.807, 2.05) is 27.0 Å². The Morgan fingerprint density at radius 2 is 1.71 bits per heavy atom. The maximum absolute atomic E-state index is 11.4. The van der Waals surface area contributed by atoms with Gasteiger partial charge in [0.05, 0.1) is 17.0 Å². The van der Waals surface area contributed by atoms with E-state index in [2.05, 4.69) is 78.9 Å². The van der Waals surface area contributed by atoms with E-state index in [0.717, 1.165) is 37.3 Å². The number of hydrogen-bond donors (Lipinski definition) is 1. The third kappa shape index (κ3) is 8.45. The molecule has 0 fully saturated rings. The number of aromatic nitrogens is 1. The van der Waals surface area contributed by atoms with Gasteiger partial charge in [-0.1, -0.05) is 76.6 Å². The van der Waals surface area contributed by atoms with Gasteiger partial charge < -0.3 is 10.0 Å². The van der Waals surface area contributed by atoms with Crippen molar-refractivity contribution < 1.29 is 9.90 Å². The molecule has 0 saturated heterocycles. The van der Waals surface area contributed by atoms with E-state index in [1.54, 1.807) is 12.3 Å². The monoisotopic (exact) mass is 465 g/mol. The van der Waals surface area contributed by atoms with Crippen LogP contribution in [0.1, 0.15) is 88.5 Å². The van der Waals surface area contributed by atoms with E-state index in [4.69, 9.17) is 0 Å². The van der Waals surface area contributed by atoms with Gasteiger partial charge in [0.2, 0.25) is 0 Å². The molecular weight excluding hydrogens is 422 g/mol. The summed E-state index contributed by atoms with van der Waals surface area (Å²) in [5.41, 5.74) is 4.27. The Morgan fingerprint density at radius 3 is 2.21 bits per heavy atom. The Labute approximate surface area is 206 Å². The first-order valence-corrected chi connectivity index (χ1v) is 12.4. The van der Waals surface area contributed by atoms with Crippen LogP contribution in [-0.2, 0) is 0 Å². The second-order valence-corrected chi connectivity index (χ2v) is 8.26. The molecule has 0 radical (unpaired) electrons. The minimum atomic E-state index is -0.948. The first kappa shape index (κ1) is 29.1. The number of likely N-dealkylation sites (N-methyl/N-ethyl adjacent to an activating group) is 1. The Balaban J connectivity index is 0.00000182. The van der Waals surface area contributed by atoms with Gasteiger partial charge in [0, 0.05) is 31.5 Å². The molecule has 1 atom stereocenters. The average molecular weight is 466 g/mol. The van der Waals surface area contributed by atoms with Gasteiger partial charge in [-0.15, -0.1) is 0 Å². The Morgan fingerprint density at radius 1 is 1.06 bits per heavy atom. The van der Waals surface area contributed by atoms with E-state index in [-0.39, 0.29) is 5.56 Å². The van der Waals surface area contributed by atoms with E-state index in [1.165, 1.54) is 18.1 Å². The highest BCUT2D eigenvalue weighted by molar-refractivity contribution is 5.88. The lowest BCUT2D eigenvalue weighted by molar-refractivity contribution is 0.0696. The minimum Gasteiger partial charge on any atom is -0.478 e. The summed E-state index contributed by atoms with van der Waals surface area (Å²) in [4.78, 5) is 20.5. The molecule has 0 bridgehead atoms. The molecule has 0 spiro atoms. The molecule has 5 heteroatoms. The quantitative estimate of drug-likeness (QED) is 0.378. The number of carbonyl (C=O) groups is 1. The van der Waals surface area contributed by atoms with Gasteiger partial charge in [-0.2, -0.15) is 0 Å². The van der Waals surface area contributed by atoms with Crippen LogP contribution < -0.4 is 0 Å². The van der Waals surface area contributed by atoms with E-state index in [0.29, 0.717) is 11.7 Å². The van der Waals surface area contributed by atoms with Crippen LogP contribution in [0.5, 0.6) is 0 Å². The van der Waals surface area contributed by atoms with Crippen molar-refractivity contribution >= 4 is 11.7 Å². The first-order chi connectivity index (χ1) is 16.4. The zero-order valence-corrected chi connectivity index (χ0v) is 22.1. The van der Waals surface area contributed by atoms with Crippen molar-refractivity contribution in [3.05, 3.63) is 83.3 Å². The summed E-state index contributed by atoms with van der Waals surface area (Å²) in [7, 11) is 2.02. The van der Waals surface area contributed by atoms with Crippen molar-refractivity contribution in [1.82, 2.24) is 14.8 Å². The van der Waals surface area contributed by atoms with Crippen molar-refractivity contribution in [1.29, 1.82) is 0 Å². The zero-order chi connectivity index (χ0) is 25.5. The van der Waals surface area contributed by atoms with Crippen molar-refractivity contribution in [2.75, 3.05) is 20.1 Å². The SMILES string of the molecule is C/C=C(/CN(CCC)C(CC)c1ccccc1)N(C)/C(=C/C)c1cc(C(=O)O)ccn1.CCC. The highest BCUT2D eigenvalue weighted by Crippen LogP contribution is 2.28. The summed E-state index contributed by atoms with van der Waals surface area (Å²) in [6, 6.07) is 14.2. The maximum atomic E-state index is 11.4. The molecule has 2 rings (SSSR count). The predicted molar refractivity (Wildman–Crippen MR) is 144 cm³/mol. The van der Waals surface area contributed by atoms with Crippen molar-refractivity contribution in [2.24, 2.45) is 0 Å². The Kier molecular flexibility index (Phi) is 13.6. The van der Waals surface area contributed by atoms with Crippen LogP contribution in [0.3, 0.4) is 0 Å². The van der Waals surface area contributed by atoms with Gasteiger partial charge >= 0.3 is 5.97 Å². The lowest BCUT2D eigenvalue weighted by Gasteiger charge is -2.35. The summed E-state index contributed by atoms with van der Waals surface area (Å²) in [5, 5.41) is 9.35. The molecule has 1 aromatic carbocycles. The third-order valence-corrected chi connectivity index (χ3v) is 5.56. The molecule has 0 aliphatic heterocycles. The summed E-state index contributed by atoms with van der Waals surface area (Å²) < 4.78 is 0. The highest BCUT2D eigenvalue weighted by Gasteiger charge is 2.22. The van der Waals surface area contributed by atoms with Crippen LogP contribution in [0.25, 0.3) is 5.70 Å². The third-order valence-electron chi connectivity index (χ3n) is 5.56. The molecule has 0 aliphatic rings. The Bertz CT molecular complexity index is 922. The predicted octanol–water partition coefficient (Wildman–Crippen LogP) is 7.26. The number of hydrogen-bond acceptors (Lipinski definition) is 4. The van der Waals surface area contributed by atoms with Gasteiger partial charge in [0.15, 0.2) is 0 Å². The van der Waals surface area contributed by atoms with Crippen LogP contribution >= 0.6 is 0 Å². The number of aromatic carboxylic acids is 1. The van der Waals surface area contributed by atoms with Crippen LogP contribution in [0, 0.1) is 0 Å². The summed E-state index contributed by atoms with van der Waals surface area (Å²) in [5.74, 6) is -0.948. The number of carboxylic acid groups (broad SMARTS) is 1. The Hall–Kier alpha value is -2.92. The molecule has 0 aliphatic carbocycles. The number of rotatable bonds is 11. The summed E-state index contributed by atoms with van der Waals surface area (Å²) in [6.45, 7) is 14.5. The lowest BCUT2D eigenvalue weighted by Crippen LogP contribution is -2.35. The molecule has 0 amide bonds. The first-order valence-electron chi connectivity index (χ1n) is 12.4. The molecule has 0 saturated carbocycles. The van der Waals surface area contributed by atoms with Crippen molar-refractivity contribution in [3.8, 4) is 0 Å². The summed E-state index contributed by atoms with van der Waals surface area (Å²) >= 11 is 0. The smallest absolute Gasteiger partial charge is 0.335 e. The summed E-state index contributed by atoms with van der Waals surface area (Å²) in [6.07, 6.45) is 9.02. The lowest BCUT2D eigenvalue weighted by atomic mass is 10.0. The molecule has 5 nitrogen and oxygen atoms in total. The molecule has 1 unspecified atom stereocenters. The van der Waals surface area contributed by atoms with Crippen molar-refractivity contribution in [2.45, 2.75) is 66.8 Å². The maximum Gasteiger partial charge on any atom is 0.335 e. The standard InChI is InChI=1S/C26H35N3O2.C3H8/c1-6-17-29(24(8-3)20-13-11-10-12-14-20)19-22(7-2)28(5)25(9-4)23-18-21(26(30)31)15-16-27-23;1-3-2/h7,9-16,18,24H,6,8,17,19H2,1-5H3,(H,30,31);3H2,1-2H3/b22-7-,25-9+;. The van der Waals surface area contributed by atoms with E-state index >= 15 is 0 Å². The molecule has 186 valence electrons. The van der Waals surface area contributed by atoms with Crippen molar-refractivity contribution in [3.63, 3.8) is 0 Å². The molecule has 1 heterocycles. The van der Waals surface area contributed by atoms with Crippen LogP contribution in [0.4, 0.5) is 0 Å². The second-order valence-electron chi connectivity index (χ2n) is 8.26. The topological polar surface area (TPSA) is 56.7 Å². The number of carboxylic acids is 1. The number of benzene rings is 1. The average Bonchev–Trinajstić information content (AvgIpc) is 2.84. The fraction of sp³-hybridized carbons (Fsp3) is 0.448. The molecular formula is C29H43N3O2. The molecule has 1 N–H and O–H groups in total. The second kappa shape index (κ2) is 15.8. The van der Waals surface area contributed by atoms with Gasteiger partial charge in [-0.3, -0.25) is 9.88 Å². The van der Waals surface area contributed by atoms with Gasteiger partial charge in [-0.05, 0) is 50.9 Å². The number of nitrogens with zero attached hydrogens (tertiary/aromatic N) is 3. The molecule has 34 heavy (non-hydrogen) atoms. The zero-order valence-electron chi connectivity index (χ0n) is 22.1. The van der Waals surface area contributed by atoms with Gasteiger partial charge in [-0.25, -0.2) is 4.79 Å². The molecule has 2 aromatic rings. The fourth-order valence-electron chi connectivity index (χ4n) is 3.98. The number of allylic oxidation sites excluding steroid dienone is 2. The largest absolute Gasteiger partial charge is 0.478 e. The van der Waals surface area contributed by atoms with E-state index < -0.39 is 5.97 Å². The minimum absolute atomic E-state index is 0.238. The normalized spacial score (nSPS) is 12.7. The van der Waals surface area contributed by atoms with E-state index in [9.17, 15) is 9.90 Å². The van der Waals surface area contributed by atoms with Gasteiger partial charge in [0.25, 0.3) is 0 Å².